The molecular formula is C15H15ClF3N3O3. The molecule has 4 amide bonds. The molecule has 0 aromatic heterocycles. The van der Waals surface area contributed by atoms with Crippen molar-refractivity contribution in [3.05, 3.63) is 34.9 Å². The Morgan fingerprint density at radius 3 is 2.32 bits per heavy atom. The van der Waals surface area contributed by atoms with Crippen molar-refractivity contribution >= 4 is 29.4 Å². The maximum Gasteiger partial charge on any atom is 0.440 e. The number of nitrogens with one attached hydrogen (secondary N) is 2. The van der Waals surface area contributed by atoms with Gasteiger partial charge in [0.1, 0.15) is 0 Å². The van der Waals surface area contributed by atoms with Crippen molar-refractivity contribution in [2.24, 2.45) is 5.92 Å². The maximum absolute atomic E-state index is 13.6. The molecule has 1 aromatic rings. The number of urea groups is 1. The summed E-state index contributed by atoms with van der Waals surface area (Å²) in [5.74, 6) is -2.99. The quantitative estimate of drug-likeness (QED) is 0.791. The summed E-state index contributed by atoms with van der Waals surface area (Å²) in [4.78, 5) is 36.8. The average molecular weight is 378 g/mol. The van der Waals surface area contributed by atoms with Gasteiger partial charge in [0.05, 0.1) is 0 Å². The number of benzene rings is 1. The van der Waals surface area contributed by atoms with Crippen molar-refractivity contribution in [2.45, 2.75) is 25.7 Å². The van der Waals surface area contributed by atoms with Crippen molar-refractivity contribution in [3.63, 3.8) is 0 Å². The average Bonchev–Trinajstić information content (AvgIpc) is 2.72. The molecule has 25 heavy (non-hydrogen) atoms. The van der Waals surface area contributed by atoms with Crippen molar-refractivity contribution in [1.82, 2.24) is 15.5 Å². The van der Waals surface area contributed by atoms with Crippen LogP contribution in [0.25, 0.3) is 0 Å². The second kappa shape index (κ2) is 6.55. The Labute approximate surface area is 146 Å². The van der Waals surface area contributed by atoms with Crippen LogP contribution in [0.2, 0.25) is 5.02 Å². The fourth-order valence-electron chi connectivity index (χ4n) is 2.30. The van der Waals surface area contributed by atoms with E-state index in [0.717, 1.165) is 0 Å². The number of halogens is 4. The molecule has 1 atom stereocenters. The minimum Gasteiger partial charge on any atom is -0.314 e. The lowest BCUT2D eigenvalue weighted by Gasteiger charge is -2.30. The van der Waals surface area contributed by atoms with Gasteiger partial charge in [-0.15, -0.1) is 0 Å². The zero-order chi connectivity index (χ0) is 19.0. The van der Waals surface area contributed by atoms with E-state index in [0.29, 0.717) is 4.90 Å². The highest BCUT2D eigenvalue weighted by Gasteiger charge is 2.68. The molecule has 0 saturated carbocycles. The summed E-state index contributed by atoms with van der Waals surface area (Å²) in [6.07, 6.45) is -5.23. The lowest BCUT2D eigenvalue weighted by molar-refractivity contribution is -0.200. The summed E-state index contributed by atoms with van der Waals surface area (Å²) in [7, 11) is 0. The van der Waals surface area contributed by atoms with E-state index >= 15 is 0 Å². The standard InChI is InChI=1S/C15H15ClF3N3O3/c1-8(2)7-22-12(24)14(15(17,18)19,21-13(22)25)20-11(23)9-3-5-10(16)6-4-9/h3-6,8H,7H2,1-2H3,(H,20,23)(H,21,25). The van der Waals surface area contributed by atoms with Crippen molar-refractivity contribution in [2.75, 3.05) is 6.54 Å². The van der Waals surface area contributed by atoms with E-state index < -0.39 is 29.7 Å². The fourth-order valence-corrected chi connectivity index (χ4v) is 2.42. The maximum atomic E-state index is 13.6. The molecule has 2 rings (SSSR count). The van der Waals surface area contributed by atoms with Gasteiger partial charge in [0.25, 0.3) is 17.5 Å². The minimum atomic E-state index is -5.23. The molecule has 10 heteroatoms. The third kappa shape index (κ3) is 3.55. The van der Waals surface area contributed by atoms with Gasteiger partial charge in [-0.1, -0.05) is 25.4 Å². The van der Waals surface area contributed by atoms with Gasteiger partial charge < -0.3 is 5.32 Å². The van der Waals surface area contributed by atoms with E-state index in [-0.39, 0.29) is 23.0 Å². The van der Waals surface area contributed by atoms with Gasteiger partial charge in [-0.3, -0.25) is 19.8 Å². The van der Waals surface area contributed by atoms with Gasteiger partial charge >= 0.3 is 12.2 Å². The molecule has 1 saturated heterocycles. The summed E-state index contributed by atoms with van der Waals surface area (Å²) >= 11 is 5.67. The predicted molar refractivity (Wildman–Crippen MR) is 82.8 cm³/mol. The smallest absolute Gasteiger partial charge is 0.314 e. The van der Waals surface area contributed by atoms with Crippen LogP contribution in [0, 0.1) is 5.92 Å². The number of hydrogen-bond acceptors (Lipinski definition) is 3. The van der Waals surface area contributed by atoms with Crippen molar-refractivity contribution in [1.29, 1.82) is 0 Å². The first-order valence-corrected chi connectivity index (χ1v) is 7.64. The first-order chi connectivity index (χ1) is 11.5. The molecule has 0 radical (unpaired) electrons. The molecule has 1 aliphatic rings. The highest BCUT2D eigenvalue weighted by molar-refractivity contribution is 6.30. The van der Waals surface area contributed by atoms with Crippen LogP contribution in [-0.4, -0.2) is 41.1 Å². The van der Waals surface area contributed by atoms with E-state index in [1.807, 2.05) is 0 Å². The van der Waals surface area contributed by atoms with Gasteiger partial charge in [0, 0.05) is 17.1 Å². The molecule has 1 aliphatic heterocycles. The predicted octanol–water partition coefficient (Wildman–Crippen LogP) is 2.54. The molecule has 2 N–H and O–H groups in total. The Hall–Kier alpha value is -2.29. The zero-order valence-corrected chi connectivity index (χ0v) is 14.0. The lowest BCUT2D eigenvalue weighted by Crippen LogP contribution is -2.69. The van der Waals surface area contributed by atoms with Gasteiger partial charge in [-0.2, -0.15) is 13.2 Å². The monoisotopic (exact) mass is 377 g/mol. The number of nitrogens with zero attached hydrogens (tertiary/aromatic N) is 1. The van der Waals surface area contributed by atoms with Crippen LogP contribution in [0.3, 0.4) is 0 Å². The van der Waals surface area contributed by atoms with Crippen LogP contribution < -0.4 is 10.6 Å². The highest BCUT2D eigenvalue weighted by Crippen LogP contribution is 2.34. The Bertz CT molecular complexity index is 706. The Morgan fingerprint density at radius 2 is 1.84 bits per heavy atom. The molecule has 1 heterocycles. The first-order valence-electron chi connectivity index (χ1n) is 7.27. The van der Waals surface area contributed by atoms with E-state index in [4.69, 9.17) is 11.6 Å². The Morgan fingerprint density at radius 1 is 1.28 bits per heavy atom. The lowest BCUT2D eigenvalue weighted by atomic mass is 10.1. The summed E-state index contributed by atoms with van der Waals surface area (Å²) in [5, 5.41) is 3.49. The largest absolute Gasteiger partial charge is 0.440 e. The highest BCUT2D eigenvalue weighted by atomic mass is 35.5. The molecule has 1 fully saturated rings. The van der Waals surface area contributed by atoms with Gasteiger partial charge in [0.15, 0.2) is 0 Å². The Balaban J connectivity index is 2.37. The second-order valence-corrected chi connectivity index (χ2v) is 6.38. The summed E-state index contributed by atoms with van der Waals surface area (Å²) in [6, 6.07) is 3.82. The second-order valence-electron chi connectivity index (χ2n) is 5.95. The molecule has 1 unspecified atom stereocenters. The van der Waals surface area contributed by atoms with Crippen molar-refractivity contribution in [3.8, 4) is 0 Å². The number of carbonyl (C=O) groups excluding carboxylic acids is 3. The third-order valence-electron chi connectivity index (χ3n) is 3.49. The SMILES string of the molecule is CC(C)CN1C(=O)NC(NC(=O)c2ccc(Cl)cc2)(C(F)(F)F)C1=O. The van der Waals surface area contributed by atoms with E-state index in [1.165, 1.54) is 24.3 Å². The fraction of sp³-hybridized carbons (Fsp3) is 0.400. The molecule has 6 nitrogen and oxygen atoms in total. The number of rotatable bonds is 4. The number of alkyl halides is 3. The topological polar surface area (TPSA) is 78.5 Å². The van der Waals surface area contributed by atoms with Crippen LogP contribution in [0.15, 0.2) is 24.3 Å². The van der Waals surface area contributed by atoms with Crippen LogP contribution in [0.1, 0.15) is 24.2 Å². The number of carbonyl (C=O) groups is 3. The normalized spacial score (nSPS) is 20.8. The number of amides is 4. The molecular weight excluding hydrogens is 363 g/mol. The van der Waals surface area contributed by atoms with Crippen LogP contribution in [0.4, 0.5) is 18.0 Å². The molecule has 0 bridgehead atoms. The van der Waals surface area contributed by atoms with E-state index in [9.17, 15) is 27.6 Å². The number of imide groups is 1. The zero-order valence-electron chi connectivity index (χ0n) is 13.3. The van der Waals surface area contributed by atoms with Crippen LogP contribution in [0.5, 0.6) is 0 Å². The molecule has 0 aliphatic carbocycles. The van der Waals surface area contributed by atoms with Crippen LogP contribution in [-0.2, 0) is 4.79 Å². The van der Waals surface area contributed by atoms with E-state index in [1.54, 1.807) is 24.5 Å². The van der Waals surface area contributed by atoms with Crippen molar-refractivity contribution < 1.29 is 27.6 Å². The molecule has 1 aromatic carbocycles. The third-order valence-corrected chi connectivity index (χ3v) is 3.74. The summed E-state index contributed by atoms with van der Waals surface area (Å²) < 4.78 is 40.8. The summed E-state index contributed by atoms with van der Waals surface area (Å²) in [5.41, 5.74) is -3.65. The molecule has 136 valence electrons. The minimum absolute atomic E-state index is 0.141. The Kier molecular flexibility index (Phi) is 4.99. The van der Waals surface area contributed by atoms with Gasteiger partial charge in [-0.05, 0) is 30.2 Å². The van der Waals surface area contributed by atoms with Gasteiger partial charge in [-0.25, -0.2) is 4.79 Å². The number of hydrogen-bond donors (Lipinski definition) is 2. The van der Waals surface area contributed by atoms with Gasteiger partial charge in [0.2, 0.25) is 0 Å². The van der Waals surface area contributed by atoms with Crippen LogP contribution >= 0.6 is 11.6 Å². The summed E-state index contributed by atoms with van der Waals surface area (Å²) in [6.45, 7) is 3.07. The molecule has 0 spiro atoms. The first kappa shape index (κ1) is 19.0. The van der Waals surface area contributed by atoms with E-state index in [2.05, 4.69) is 0 Å².